The summed E-state index contributed by atoms with van der Waals surface area (Å²) in [7, 11) is 1.67. The zero-order valence-corrected chi connectivity index (χ0v) is 14.4. The molecule has 124 valence electrons. The Balaban J connectivity index is 1.84. The maximum atomic E-state index is 12.2. The van der Waals surface area contributed by atoms with Gasteiger partial charge in [0, 0.05) is 33.2 Å². The molecule has 0 spiro atoms. The monoisotopic (exact) mass is 333 g/mol. The van der Waals surface area contributed by atoms with E-state index in [2.05, 4.69) is 27.8 Å². The lowest BCUT2D eigenvalue weighted by Crippen LogP contribution is -2.33. The van der Waals surface area contributed by atoms with Gasteiger partial charge in [-0.25, -0.2) is 4.98 Å². The first kappa shape index (κ1) is 17.6. The molecule has 0 saturated heterocycles. The molecule has 5 nitrogen and oxygen atoms in total. The van der Waals surface area contributed by atoms with Crippen molar-refractivity contribution in [3.8, 4) is 0 Å². The molecule has 1 amide bonds. The van der Waals surface area contributed by atoms with Crippen LogP contribution in [0.1, 0.15) is 25.9 Å². The van der Waals surface area contributed by atoms with Crippen LogP contribution in [0.4, 0.5) is 0 Å². The van der Waals surface area contributed by atoms with Gasteiger partial charge in [-0.05, 0) is 12.5 Å². The van der Waals surface area contributed by atoms with Crippen molar-refractivity contribution in [2.45, 2.75) is 13.3 Å². The Labute approximate surface area is 141 Å². The third-order valence-corrected chi connectivity index (χ3v) is 4.47. The van der Waals surface area contributed by atoms with E-state index in [0.29, 0.717) is 18.0 Å². The molecule has 0 radical (unpaired) electrons. The van der Waals surface area contributed by atoms with E-state index in [1.165, 1.54) is 16.9 Å². The number of nitrogens with one attached hydrogen (secondary N) is 2. The van der Waals surface area contributed by atoms with Gasteiger partial charge >= 0.3 is 0 Å². The smallest absolute Gasteiger partial charge is 0.263 e. The van der Waals surface area contributed by atoms with Crippen LogP contribution in [-0.2, 0) is 11.2 Å². The first-order valence-corrected chi connectivity index (χ1v) is 8.50. The van der Waals surface area contributed by atoms with E-state index in [1.54, 1.807) is 7.11 Å². The Morgan fingerprint density at radius 2 is 2.00 bits per heavy atom. The van der Waals surface area contributed by atoms with Gasteiger partial charge < -0.3 is 15.4 Å². The van der Waals surface area contributed by atoms with E-state index in [4.69, 9.17) is 4.74 Å². The summed E-state index contributed by atoms with van der Waals surface area (Å²) >= 11 is 1.47. The molecule has 0 fully saturated rings. The van der Waals surface area contributed by atoms with Crippen molar-refractivity contribution < 1.29 is 9.53 Å². The topological polar surface area (TPSA) is 63.2 Å². The van der Waals surface area contributed by atoms with Crippen LogP contribution < -0.4 is 10.6 Å². The Kier molecular flexibility index (Phi) is 7.19. The third-order valence-electron chi connectivity index (χ3n) is 3.32. The Hall–Kier alpha value is -1.76. The van der Waals surface area contributed by atoms with Crippen molar-refractivity contribution in [2.75, 3.05) is 33.4 Å². The van der Waals surface area contributed by atoms with Gasteiger partial charge in [-0.1, -0.05) is 30.3 Å². The van der Waals surface area contributed by atoms with E-state index >= 15 is 0 Å². The van der Waals surface area contributed by atoms with Crippen LogP contribution in [0.25, 0.3) is 0 Å². The molecule has 0 aliphatic heterocycles. The maximum absolute atomic E-state index is 12.2. The molecule has 23 heavy (non-hydrogen) atoms. The number of aryl methyl sites for hydroxylation is 1. The molecule has 2 aromatic rings. The minimum Gasteiger partial charge on any atom is -0.383 e. The highest BCUT2D eigenvalue weighted by molar-refractivity contribution is 7.13. The number of thiazole rings is 1. The third kappa shape index (κ3) is 5.74. The number of hydrogen-bond acceptors (Lipinski definition) is 5. The van der Waals surface area contributed by atoms with Crippen LogP contribution >= 0.6 is 11.3 Å². The zero-order valence-electron chi connectivity index (χ0n) is 13.6. The van der Waals surface area contributed by atoms with Gasteiger partial charge in [-0.3, -0.25) is 4.79 Å². The summed E-state index contributed by atoms with van der Waals surface area (Å²) in [6.45, 7) is 4.66. The second-order valence-electron chi connectivity index (χ2n) is 5.18. The van der Waals surface area contributed by atoms with Gasteiger partial charge in [-0.2, -0.15) is 0 Å². The largest absolute Gasteiger partial charge is 0.383 e. The van der Waals surface area contributed by atoms with Crippen molar-refractivity contribution in [1.29, 1.82) is 0 Å². The number of nitrogens with zero attached hydrogens (tertiary/aromatic N) is 1. The van der Waals surface area contributed by atoms with Crippen LogP contribution in [0.2, 0.25) is 0 Å². The first-order valence-electron chi connectivity index (χ1n) is 7.68. The minimum absolute atomic E-state index is 0.0483. The predicted octanol–water partition coefficient (Wildman–Crippen LogP) is 2.01. The van der Waals surface area contributed by atoms with Gasteiger partial charge in [0.25, 0.3) is 5.91 Å². The fourth-order valence-electron chi connectivity index (χ4n) is 2.15. The Morgan fingerprint density at radius 3 is 2.74 bits per heavy atom. The molecule has 0 saturated carbocycles. The highest BCUT2D eigenvalue weighted by atomic mass is 32.1. The molecule has 1 aromatic carbocycles. The lowest BCUT2D eigenvalue weighted by atomic mass is 10.2. The van der Waals surface area contributed by atoms with Crippen LogP contribution in [0.3, 0.4) is 0 Å². The molecular weight excluding hydrogens is 310 g/mol. The SMILES string of the molecule is COCCNCCNC(=O)c1sc(Cc2ccccc2)nc1C. The first-order chi connectivity index (χ1) is 11.2. The molecule has 0 aliphatic carbocycles. The molecule has 0 bridgehead atoms. The molecule has 2 rings (SSSR count). The number of carbonyl (C=O) groups excluding carboxylic acids is 1. The minimum atomic E-state index is -0.0483. The standard InChI is InChI=1S/C17H23N3O2S/c1-13-16(17(21)19-9-8-18-10-11-22-2)23-15(20-13)12-14-6-4-3-5-7-14/h3-7,18H,8-12H2,1-2H3,(H,19,21). The predicted molar refractivity (Wildman–Crippen MR) is 93.2 cm³/mol. The van der Waals surface area contributed by atoms with Crippen LogP contribution in [0, 0.1) is 6.92 Å². The summed E-state index contributed by atoms with van der Waals surface area (Å²) < 4.78 is 4.95. The van der Waals surface area contributed by atoms with Gasteiger partial charge in [0.05, 0.1) is 17.3 Å². The summed E-state index contributed by atoms with van der Waals surface area (Å²) in [6.07, 6.45) is 0.762. The Bertz CT molecular complexity index is 614. The summed E-state index contributed by atoms with van der Waals surface area (Å²) in [5.74, 6) is -0.0483. The van der Waals surface area contributed by atoms with Crippen molar-refractivity contribution >= 4 is 17.2 Å². The van der Waals surface area contributed by atoms with Crippen LogP contribution in [-0.4, -0.2) is 44.2 Å². The normalized spacial score (nSPS) is 10.7. The number of amides is 1. The van der Waals surface area contributed by atoms with E-state index in [0.717, 1.165) is 30.2 Å². The molecule has 0 aliphatic rings. The van der Waals surface area contributed by atoms with Gasteiger partial charge in [0.2, 0.25) is 0 Å². The number of benzene rings is 1. The lowest BCUT2D eigenvalue weighted by Gasteiger charge is -2.05. The molecule has 2 N–H and O–H groups in total. The van der Waals surface area contributed by atoms with E-state index in [9.17, 15) is 4.79 Å². The number of carbonyl (C=O) groups is 1. The second-order valence-corrected chi connectivity index (χ2v) is 6.27. The lowest BCUT2D eigenvalue weighted by molar-refractivity contribution is 0.0957. The van der Waals surface area contributed by atoms with E-state index < -0.39 is 0 Å². The molecular formula is C17H23N3O2S. The summed E-state index contributed by atoms with van der Waals surface area (Å²) in [5.41, 5.74) is 2.00. The number of aromatic nitrogens is 1. The molecule has 1 heterocycles. The van der Waals surface area contributed by atoms with Gasteiger partial charge in [0.15, 0.2) is 0 Å². The summed E-state index contributed by atoms with van der Waals surface area (Å²) in [4.78, 5) is 17.4. The van der Waals surface area contributed by atoms with Crippen molar-refractivity contribution in [3.05, 3.63) is 51.5 Å². The average molecular weight is 333 g/mol. The highest BCUT2D eigenvalue weighted by Gasteiger charge is 2.14. The average Bonchev–Trinajstić information content (AvgIpc) is 2.92. The highest BCUT2D eigenvalue weighted by Crippen LogP contribution is 2.20. The number of hydrogen-bond donors (Lipinski definition) is 2. The molecule has 1 aromatic heterocycles. The maximum Gasteiger partial charge on any atom is 0.263 e. The van der Waals surface area contributed by atoms with Crippen molar-refractivity contribution in [3.63, 3.8) is 0 Å². The quantitative estimate of drug-likeness (QED) is 0.689. The molecule has 6 heteroatoms. The fraction of sp³-hybridized carbons (Fsp3) is 0.412. The summed E-state index contributed by atoms with van der Waals surface area (Å²) in [5, 5.41) is 7.09. The van der Waals surface area contributed by atoms with E-state index in [1.807, 2.05) is 25.1 Å². The zero-order chi connectivity index (χ0) is 16.5. The number of methoxy groups -OCH3 is 1. The second kappa shape index (κ2) is 9.39. The van der Waals surface area contributed by atoms with Gasteiger partial charge in [0.1, 0.15) is 4.88 Å². The van der Waals surface area contributed by atoms with Crippen molar-refractivity contribution in [2.24, 2.45) is 0 Å². The van der Waals surface area contributed by atoms with Crippen LogP contribution in [0.15, 0.2) is 30.3 Å². The Morgan fingerprint density at radius 1 is 1.22 bits per heavy atom. The van der Waals surface area contributed by atoms with E-state index in [-0.39, 0.29) is 5.91 Å². The molecule has 0 unspecified atom stereocenters. The summed E-state index contributed by atoms with van der Waals surface area (Å²) in [6, 6.07) is 10.2. The van der Waals surface area contributed by atoms with Crippen LogP contribution in [0.5, 0.6) is 0 Å². The fourth-order valence-corrected chi connectivity index (χ4v) is 3.17. The van der Waals surface area contributed by atoms with Gasteiger partial charge in [-0.15, -0.1) is 11.3 Å². The number of ether oxygens (including phenoxy) is 1. The van der Waals surface area contributed by atoms with Crippen molar-refractivity contribution in [1.82, 2.24) is 15.6 Å². The molecule has 0 atom stereocenters. The number of rotatable bonds is 9.